The number of amides is 2. The Morgan fingerprint density at radius 1 is 1.50 bits per heavy atom. The molecule has 22 heavy (non-hydrogen) atoms. The van der Waals surface area contributed by atoms with Gasteiger partial charge in [0, 0.05) is 37.6 Å². The Labute approximate surface area is 130 Å². The normalized spacial score (nSPS) is 12.0. The van der Waals surface area contributed by atoms with E-state index in [1.54, 1.807) is 24.3 Å². The average molecular weight is 302 g/mol. The first-order valence-corrected chi connectivity index (χ1v) is 7.45. The molecule has 1 N–H and O–H groups in total. The van der Waals surface area contributed by atoms with Crippen LogP contribution in [0.1, 0.15) is 26.0 Å². The van der Waals surface area contributed by atoms with Crippen LogP contribution in [0.3, 0.4) is 0 Å². The van der Waals surface area contributed by atoms with Crippen molar-refractivity contribution in [3.63, 3.8) is 0 Å². The molecule has 0 aliphatic rings. The highest BCUT2D eigenvalue weighted by molar-refractivity contribution is 5.73. The summed E-state index contributed by atoms with van der Waals surface area (Å²) in [5.74, 6) is 1.11. The molecule has 0 saturated heterocycles. The van der Waals surface area contributed by atoms with E-state index >= 15 is 0 Å². The largest absolute Gasteiger partial charge is 0.359 e. The van der Waals surface area contributed by atoms with E-state index in [0.29, 0.717) is 24.8 Å². The van der Waals surface area contributed by atoms with Crippen LogP contribution < -0.4 is 5.32 Å². The standard InChI is InChI=1S/C16H22N4O2/c1-4-12(2)9-18-16(21)20(3)11-14-8-15(19-22-14)13-6-5-7-17-10-13/h5-8,10,12H,4,9,11H2,1-3H3,(H,18,21)/t12-/m1/s1. The minimum Gasteiger partial charge on any atom is -0.359 e. The molecule has 2 amide bonds. The molecular formula is C16H22N4O2. The van der Waals surface area contributed by atoms with Gasteiger partial charge in [0.05, 0.1) is 6.54 Å². The maximum atomic E-state index is 12.0. The van der Waals surface area contributed by atoms with Gasteiger partial charge in [-0.2, -0.15) is 0 Å². The van der Waals surface area contributed by atoms with Crippen molar-refractivity contribution in [3.8, 4) is 11.3 Å². The lowest BCUT2D eigenvalue weighted by atomic mass is 10.1. The van der Waals surface area contributed by atoms with Gasteiger partial charge in [0.2, 0.25) is 0 Å². The van der Waals surface area contributed by atoms with E-state index in [-0.39, 0.29) is 6.03 Å². The molecule has 0 saturated carbocycles. The van der Waals surface area contributed by atoms with Crippen molar-refractivity contribution < 1.29 is 9.32 Å². The number of aromatic nitrogens is 2. The summed E-state index contributed by atoms with van der Waals surface area (Å²) in [6.07, 6.45) is 4.48. The molecule has 0 aliphatic carbocycles. The number of carbonyl (C=O) groups is 1. The summed E-state index contributed by atoms with van der Waals surface area (Å²) in [6, 6.07) is 5.48. The van der Waals surface area contributed by atoms with Gasteiger partial charge in [-0.3, -0.25) is 4.98 Å². The molecule has 0 spiro atoms. The molecule has 1 atom stereocenters. The Kier molecular flexibility index (Phi) is 5.52. The van der Waals surface area contributed by atoms with Crippen molar-refractivity contribution in [1.29, 1.82) is 0 Å². The zero-order chi connectivity index (χ0) is 15.9. The van der Waals surface area contributed by atoms with Gasteiger partial charge >= 0.3 is 6.03 Å². The highest BCUT2D eigenvalue weighted by atomic mass is 16.5. The molecule has 0 aromatic carbocycles. The Bertz CT molecular complexity index is 597. The van der Waals surface area contributed by atoms with Crippen molar-refractivity contribution in [1.82, 2.24) is 20.4 Å². The summed E-state index contributed by atoms with van der Waals surface area (Å²) in [6.45, 7) is 5.27. The lowest BCUT2D eigenvalue weighted by molar-refractivity contribution is 0.199. The van der Waals surface area contributed by atoms with Gasteiger partial charge < -0.3 is 14.7 Å². The molecular weight excluding hydrogens is 280 g/mol. The molecule has 0 fully saturated rings. The third-order valence-corrected chi connectivity index (χ3v) is 3.55. The first-order valence-electron chi connectivity index (χ1n) is 7.45. The maximum Gasteiger partial charge on any atom is 0.317 e. The first-order chi connectivity index (χ1) is 10.6. The summed E-state index contributed by atoms with van der Waals surface area (Å²) >= 11 is 0. The Hall–Kier alpha value is -2.37. The third-order valence-electron chi connectivity index (χ3n) is 3.55. The number of rotatable bonds is 6. The summed E-state index contributed by atoms with van der Waals surface area (Å²) in [4.78, 5) is 17.6. The van der Waals surface area contributed by atoms with E-state index in [1.807, 2.05) is 18.2 Å². The van der Waals surface area contributed by atoms with E-state index in [9.17, 15) is 4.79 Å². The summed E-state index contributed by atoms with van der Waals surface area (Å²) < 4.78 is 5.29. The van der Waals surface area contributed by atoms with Gasteiger partial charge in [-0.05, 0) is 18.1 Å². The van der Waals surface area contributed by atoms with Gasteiger partial charge in [0.1, 0.15) is 5.69 Å². The van der Waals surface area contributed by atoms with Crippen LogP contribution in [0, 0.1) is 5.92 Å². The molecule has 6 heteroatoms. The fourth-order valence-electron chi connectivity index (χ4n) is 1.88. The van der Waals surface area contributed by atoms with E-state index in [1.165, 1.54) is 0 Å². The highest BCUT2D eigenvalue weighted by Crippen LogP contribution is 2.18. The average Bonchev–Trinajstić information content (AvgIpc) is 3.01. The lowest BCUT2D eigenvalue weighted by Gasteiger charge is -2.18. The predicted molar refractivity (Wildman–Crippen MR) is 84.1 cm³/mol. The molecule has 0 radical (unpaired) electrons. The molecule has 0 bridgehead atoms. The molecule has 2 aromatic rings. The van der Waals surface area contributed by atoms with Crippen LogP contribution in [0.4, 0.5) is 4.79 Å². The number of urea groups is 1. The zero-order valence-electron chi connectivity index (χ0n) is 13.2. The predicted octanol–water partition coefficient (Wildman–Crippen LogP) is 2.92. The van der Waals surface area contributed by atoms with Crippen LogP contribution in [0.15, 0.2) is 35.1 Å². The van der Waals surface area contributed by atoms with Gasteiger partial charge in [-0.25, -0.2) is 4.79 Å². The van der Waals surface area contributed by atoms with Crippen LogP contribution >= 0.6 is 0 Å². The molecule has 2 rings (SSSR count). The van der Waals surface area contributed by atoms with E-state index in [0.717, 1.165) is 17.7 Å². The number of pyridine rings is 1. The fraction of sp³-hybridized carbons (Fsp3) is 0.438. The second-order valence-corrected chi connectivity index (χ2v) is 5.48. The number of hydrogen-bond acceptors (Lipinski definition) is 4. The Balaban J connectivity index is 1.91. The van der Waals surface area contributed by atoms with Gasteiger partial charge in [-0.1, -0.05) is 25.4 Å². The number of hydrogen-bond donors (Lipinski definition) is 1. The molecule has 0 unspecified atom stereocenters. The zero-order valence-corrected chi connectivity index (χ0v) is 13.2. The highest BCUT2D eigenvalue weighted by Gasteiger charge is 2.13. The second kappa shape index (κ2) is 7.59. The van der Waals surface area contributed by atoms with Gasteiger partial charge in [0.25, 0.3) is 0 Å². The number of nitrogens with one attached hydrogen (secondary N) is 1. The SMILES string of the molecule is CC[C@@H](C)CNC(=O)N(C)Cc1cc(-c2cccnc2)no1. The maximum absolute atomic E-state index is 12.0. The van der Waals surface area contributed by atoms with Crippen molar-refractivity contribution in [2.24, 2.45) is 5.92 Å². The Morgan fingerprint density at radius 3 is 3.00 bits per heavy atom. The van der Waals surface area contributed by atoms with Crippen LogP contribution in [0.25, 0.3) is 11.3 Å². The third kappa shape index (κ3) is 4.31. The molecule has 2 heterocycles. The Morgan fingerprint density at radius 2 is 2.32 bits per heavy atom. The summed E-state index contributed by atoms with van der Waals surface area (Å²) in [5.41, 5.74) is 1.61. The topological polar surface area (TPSA) is 71.3 Å². The van der Waals surface area contributed by atoms with Crippen molar-refractivity contribution >= 4 is 6.03 Å². The van der Waals surface area contributed by atoms with Crippen LogP contribution in [0.5, 0.6) is 0 Å². The van der Waals surface area contributed by atoms with Crippen LogP contribution in [0.2, 0.25) is 0 Å². The summed E-state index contributed by atoms with van der Waals surface area (Å²) in [5, 5.41) is 6.92. The van der Waals surface area contributed by atoms with Crippen LogP contribution in [-0.4, -0.2) is 34.7 Å². The second-order valence-electron chi connectivity index (χ2n) is 5.48. The fourth-order valence-corrected chi connectivity index (χ4v) is 1.88. The quantitative estimate of drug-likeness (QED) is 0.890. The van der Waals surface area contributed by atoms with E-state index in [2.05, 4.69) is 29.3 Å². The molecule has 2 aromatic heterocycles. The smallest absolute Gasteiger partial charge is 0.317 e. The lowest BCUT2D eigenvalue weighted by Crippen LogP contribution is -2.38. The van der Waals surface area contributed by atoms with Crippen LogP contribution in [-0.2, 0) is 6.54 Å². The number of carbonyl (C=O) groups excluding carboxylic acids is 1. The minimum absolute atomic E-state index is 0.111. The van der Waals surface area contributed by atoms with Crippen molar-refractivity contribution in [2.45, 2.75) is 26.8 Å². The first kappa shape index (κ1) is 16.0. The van der Waals surface area contributed by atoms with Gasteiger partial charge in [0.15, 0.2) is 5.76 Å². The monoisotopic (exact) mass is 302 g/mol. The summed E-state index contributed by atoms with van der Waals surface area (Å²) in [7, 11) is 1.73. The van der Waals surface area contributed by atoms with Crippen molar-refractivity contribution in [2.75, 3.05) is 13.6 Å². The molecule has 6 nitrogen and oxygen atoms in total. The van der Waals surface area contributed by atoms with E-state index in [4.69, 9.17) is 4.52 Å². The molecule has 118 valence electrons. The number of nitrogens with zero attached hydrogens (tertiary/aromatic N) is 3. The molecule has 0 aliphatic heterocycles. The van der Waals surface area contributed by atoms with Crippen molar-refractivity contribution in [3.05, 3.63) is 36.4 Å². The van der Waals surface area contributed by atoms with Gasteiger partial charge in [-0.15, -0.1) is 0 Å². The minimum atomic E-state index is -0.111. The van der Waals surface area contributed by atoms with E-state index < -0.39 is 0 Å².